The van der Waals surface area contributed by atoms with Crippen molar-refractivity contribution in [3.8, 4) is 5.75 Å². The summed E-state index contributed by atoms with van der Waals surface area (Å²) >= 11 is -0.189. The second-order valence-corrected chi connectivity index (χ2v) is 6.53. The van der Waals surface area contributed by atoms with E-state index in [1.807, 2.05) is 0 Å². The van der Waals surface area contributed by atoms with Gasteiger partial charge in [0, 0.05) is 6.54 Å². The summed E-state index contributed by atoms with van der Waals surface area (Å²) < 4.78 is 42.8. The van der Waals surface area contributed by atoms with Crippen LogP contribution < -0.4 is 4.74 Å². The smallest absolute Gasteiger partial charge is 0.446 e. The molecule has 2 rings (SSSR count). The van der Waals surface area contributed by atoms with E-state index in [2.05, 4.69) is 4.90 Å². The minimum absolute atomic E-state index is 0. The van der Waals surface area contributed by atoms with E-state index in [-0.39, 0.29) is 40.7 Å². The first-order chi connectivity index (χ1) is 10.8. The molecule has 0 bridgehead atoms. The van der Waals surface area contributed by atoms with Crippen LogP contribution in [0.3, 0.4) is 0 Å². The Bertz CT molecular complexity index is 563. The van der Waals surface area contributed by atoms with Crippen molar-refractivity contribution in [1.82, 2.24) is 4.90 Å². The molecule has 0 aromatic heterocycles. The van der Waals surface area contributed by atoms with Crippen molar-refractivity contribution in [2.45, 2.75) is 29.8 Å². The molecule has 4 nitrogen and oxygen atoms in total. The summed E-state index contributed by atoms with van der Waals surface area (Å²) in [4.78, 5) is 13.0. The molecule has 0 radical (unpaired) electrons. The van der Waals surface area contributed by atoms with Gasteiger partial charge in [-0.3, -0.25) is 9.69 Å². The zero-order chi connectivity index (χ0) is 17.0. The highest BCUT2D eigenvalue weighted by molar-refractivity contribution is 8.00. The van der Waals surface area contributed by atoms with Crippen molar-refractivity contribution >= 4 is 30.1 Å². The van der Waals surface area contributed by atoms with Crippen molar-refractivity contribution < 1.29 is 27.8 Å². The average molecular weight is 386 g/mol. The summed E-state index contributed by atoms with van der Waals surface area (Å²) in [5, 5.41) is 8.97. The number of thioether (sulfide) groups is 1. The van der Waals surface area contributed by atoms with E-state index in [0.29, 0.717) is 32.5 Å². The molecule has 1 aliphatic heterocycles. The van der Waals surface area contributed by atoms with E-state index in [4.69, 9.17) is 9.84 Å². The Morgan fingerprint density at radius 3 is 2.50 bits per heavy atom. The number of hydrogen-bond acceptors (Lipinski definition) is 4. The largest absolute Gasteiger partial charge is 0.496 e. The number of ether oxygens (including phenoxy) is 1. The monoisotopic (exact) mass is 385 g/mol. The van der Waals surface area contributed by atoms with E-state index < -0.39 is 11.5 Å². The number of halogens is 4. The Hall–Kier alpha value is -1.12. The van der Waals surface area contributed by atoms with Gasteiger partial charge in [-0.05, 0) is 55.4 Å². The van der Waals surface area contributed by atoms with Crippen molar-refractivity contribution in [1.29, 1.82) is 0 Å². The fourth-order valence-electron chi connectivity index (χ4n) is 2.62. The highest BCUT2D eigenvalue weighted by atomic mass is 35.5. The Labute approximate surface area is 148 Å². The number of carboxylic acids is 1. The number of rotatable bonds is 5. The second-order valence-electron chi connectivity index (χ2n) is 5.42. The predicted octanol–water partition coefficient (Wildman–Crippen LogP) is 4.03. The highest BCUT2D eigenvalue weighted by Gasteiger charge is 2.31. The molecule has 1 saturated heterocycles. The fraction of sp³-hybridized carbons (Fsp3) is 0.533. The van der Waals surface area contributed by atoms with Crippen molar-refractivity contribution in [2.75, 3.05) is 20.2 Å². The van der Waals surface area contributed by atoms with Crippen LogP contribution in [0.2, 0.25) is 0 Å². The van der Waals surface area contributed by atoms with Gasteiger partial charge in [-0.2, -0.15) is 13.2 Å². The maximum atomic E-state index is 12.6. The molecule has 0 spiro atoms. The van der Waals surface area contributed by atoms with E-state index in [9.17, 15) is 18.0 Å². The molecule has 1 aliphatic rings. The number of piperidine rings is 1. The van der Waals surface area contributed by atoms with Crippen LogP contribution >= 0.6 is 24.2 Å². The van der Waals surface area contributed by atoms with Gasteiger partial charge in [-0.15, -0.1) is 12.4 Å². The van der Waals surface area contributed by atoms with E-state index >= 15 is 0 Å². The molecule has 136 valence electrons. The number of carboxylic acid groups (broad SMARTS) is 1. The predicted molar refractivity (Wildman–Crippen MR) is 87.8 cm³/mol. The molecule has 1 N–H and O–H groups in total. The molecule has 0 atom stereocenters. The van der Waals surface area contributed by atoms with Crippen molar-refractivity contribution in [3.05, 3.63) is 23.8 Å². The van der Waals surface area contributed by atoms with Gasteiger partial charge in [0.25, 0.3) is 0 Å². The highest BCUT2D eigenvalue weighted by Crippen LogP contribution is 2.41. The second kappa shape index (κ2) is 8.82. The molecule has 0 unspecified atom stereocenters. The average Bonchev–Trinajstić information content (AvgIpc) is 2.46. The summed E-state index contributed by atoms with van der Waals surface area (Å²) in [7, 11) is 1.34. The molecule has 0 saturated carbocycles. The van der Waals surface area contributed by atoms with Crippen LogP contribution in [0.5, 0.6) is 5.75 Å². The Morgan fingerprint density at radius 2 is 2.00 bits per heavy atom. The molecule has 24 heavy (non-hydrogen) atoms. The molecular formula is C15H19ClF3NO3S. The van der Waals surface area contributed by atoms with Gasteiger partial charge in [0.1, 0.15) is 5.75 Å². The molecule has 9 heteroatoms. The first-order valence-electron chi connectivity index (χ1n) is 7.16. The van der Waals surface area contributed by atoms with Gasteiger partial charge in [0.05, 0.1) is 17.9 Å². The molecule has 1 aromatic carbocycles. The third-order valence-electron chi connectivity index (χ3n) is 3.80. The Balaban J connectivity index is 0.00000288. The molecule has 1 heterocycles. The van der Waals surface area contributed by atoms with Crippen LogP contribution in [0.1, 0.15) is 18.4 Å². The summed E-state index contributed by atoms with van der Waals surface area (Å²) in [6.07, 6.45) is 1.13. The zero-order valence-electron chi connectivity index (χ0n) is 13.0. The van der Waals surface area contributed by atoms with Gasteiger partial charge in [-0.25, -0.2) is 0 Å². The van der Waals surface area contributed by atoms with Gasteiger partial charge < -0.3 is 9.84 Å². The number of aliphatic carboxylic acids is 1. The summed E-state index contributed by atoms with van der Waals surface area (Å²) in [6.45, 7) is 1.76. The Morgan fingerprint density at radius 1 is 1.38 bits per heavy atom. The minimum Gasteiger partial charge on any atom is -0.496 e. The van der Waals surface area contributed by atoms with Gasteiger partial charge in [-0.1, -0.05) is 6.07 Å². The quantitative estimate of drug-likeness (QED) is 0.776. The topological polar surface area (TPSA) is 49.8 Å². The number of nitrogens with zero attached hydrogens (tertiary/aromatic N) is 1. The van der Waals surface area contributed by atoms with Gasteiger partial charge in [0.15, 0.2) is 0 Å². The minimum atomic E-state index is -4.37. The van der Waals surface area contributed by atoms with Crippen molar-refractivity contribution in [2.24, 2.45) is 5.92 Å². The molecule has 1 fully saturated rings. The van der Waals surface area contributed by atoms with Crippen LogP contribution in [0.4, 0.5) is 13.2 Å². The zero-order valence-corrected chi connectivity index (χ0v) is 14.6. The number of methoxy groups -OCH3 is 1. The standard InChI is InChI=1S/C15H18F3NO3S.ClH/c1-22-12-3-2-10(8-13(12)23-15(16,17)18)9-19-6-4-11(5-7-19)14(20)21;/h2-3,8,11H,4-7,9H2,1H3,(H,20,21);1H. The number of hydrogen-bond donors (Lipinski definition) is 1. The summed E-state index contributed by atoms with van der Waals surface area (Å²) in [5.41, 5.74) is -3.61. The third kappa shape index (κ3) is 6.07. The molecule has 0 aliphatic carbocycles. The first kappa shape index (κ1) is 20.9. The number of benzene rings is 1. The van der Waals surface area contributed by atoms with Crippen LogP contribution in [0.25, 0.3) is 0 Å². The van der Waals surface area contributed by atoms with E-state index in [1.165, 1.54) is 19.2 Å². The third-order valence-corrected chi connectivity index (χ3v) is 4.57. The summed E-state index contributed by atoms with van der Waals surface area (Å²) in [5.74, 6) is -0.905. The maximum absolute atomic E-state index is 12.6. The lowest BCUT2D eigenvalue weighted by atomic mass is 9.97. The van der Waals surface area contributed by atoms with Crippen LogP contribution in [-0.4, -0.2) is 41.7 Å². The van der Waals surface area contributed by atoms with Gasteiger partial charge >= 0.3 is 11.5 Å². The lowest BCUT2D eigenvalue weighted by Gasteiger charge is -2.30. The molecular weight excluding hydrogens is 367 g/mol. The SMILES string of the molecule is COc1ccc(CN2CCC(C(=O)O)CC2)cc1SC(F)(F)F.Cl. The van der Waals surface area contributed by atoms with Gasteiger partial charge in [0.2, 0.25) is 0 Å². The van der Waals surface area contributed by atoms with Crippen LogP contribution in [-0.2, 0) is 11.3 Å². The summed E-state index contributed by atoms with van der Waals surface area (Å²) in [6, 6.07) is 4.76. The normalized spacial score (nSPS) is 16.5. The van der Waals surface area contributed by atoms with Crippen LogP contribution in [0, 0.1) is 5.92 Å². The van der Waals surface area contributed by atoms with E-state index in [1.54, 1.807) is 6.07 Å². The molecule has 0 amide bonds. The first-order valence-corrected chi connectivity index (χ1v) is 7.98. The fourth-order valence-corrected chi connectivity index (χ4v) is 3.33. The molecule has 1 aromatic rings. The number of likely N-dealkylation sites (tertiary alicyclic amines) is 1. The number of alkyl halides is 3. The lowest BCUT2D eigenvalue weighted by molar-refractivity contribution is -0.143. The van der Waals surface area contributed by atoms with Crippen LogP contribution in [0.15, 0.2) is 23.1 Å². The van der Waals surface area contributed by atoms with E-state index in [0.717, 1.165) is 5.56 Å². The number of carbonyl (C=O) groups is 1. The van der Waals surface area contributed by atoms with Crippen molar-refractivity contribution in [3.63, 3.8) is 0 Å². The Kier molecular flexibility index (Phi) is 7.69. The maximum Gasteiger partial charge on any atom is 0.446 e. The lowest BCUT2D eigenvalue weighted by Crippen LogP contribution is -2.35.